The lowest BCUT2D eigenvalue weighted by Crippen LogP contribution is -2.38. The molecule has 1 N–H and O–H groups in total. The van der Waals surface area contributed by atoms with Crippen molar-refractivity contribution in [1.29, 1.82) is 0 Å². The maximum Gasteiger partial charge on any atom is 0.295 e. The quantitative estimate of drug-likeness (QED) is 0.174. The van der Waals surface area contributed by atoms with Crippen molar-refractivity contribution < 1.29 is 19.6 Å². The van der Waals surface area contributed by atoms with E-state index in [2.05, 4.69) is 9.88 Å². The second-order valence-corrected chi connectivity index (χ2v) is 8.35. The number of likely N-dealkylation sites (tertiary alicyclic amines) is 1. The molecule has 1 amide bonds. The van der Waals surface area contributed by atoms with Gasteiger partial charge in [0.1, 0.15) is 11.3 Å². The first kappa shape index (κ1) is 24.1. The number of nitrogens with zero attached hydrogens (tertiary/aromatic N) is 5. The van der Waals surface area contributed by atoms with Gasteiger partial charge in [0.05, 0.1) is 22.2 Å². The number of imidazole rings is 1. The zero-order chi connectivity index (χ0) is 25.3. The molecule has 3 aromatic rings. The molecule has 182 valence electrons. The summed E-state index contributed by atoms with van der Waals surface area (Å²) in [6.07, 6.45) is 1.71. The third-order valence-corrected chi connectivity index (χ3v) is 6.42. The highest BCUT2D eigenvalue weighted by Crippen LogP contribution is 2.40. The van der Waals surface area contributed by atoms with Gasteiger partial charge in [-0.1, -0.05) is 32.0 Å². The van der Waals surface area contributed by atoms with Crippen LogP contribution in [0.3, 0.4) is 0 Å². The fraction of sp³-hybridized carbons (Fsp3) is 0.320. The number of non-ortho nitro benzene ring substituents is 1. The van der Waals surface area contributed by atoms with Crippen LogP contribution in [0, 0.1) is 17.0 Å². The number of benzene rings is 1. The number of fused-ring (bicyclic) bond motifs is 1. The molecule has 3 heterocycles. The van der Waals surface area contributed by atoms with Crippen LogP contribution in [0.25, 0.3) is 11.4 Å². The third kappa shape index (κ3) is 4.28. The molecule has 0 spiro atoms. The molecule has 1 saturated heterocycles. The first-order chi connectivity index (χ1) is 16.8. The van der Waals surface area contributed by atoms with E-state index in [9.17, 15) is 24.8 Å². The van der Waals surface area contributed by atoms with Gasteiger partial charge in [0.25, 0.3) is 17.4 Å². The summed E-state index contributed by atoms with van der Waals surface area (Å²) in [4.78, 5) is 45.4. The summed E-state index contributed by atoms with van der Waals surface area (Å²) < 4.78 is 1.65. The lowest BCUT2D eigenvalue weighted by Gasteiger charge is -2.28. The molecule has 0 aliphatic carbocycles. The summed E-state index contributed by atoms with van der Waals surface area (Å²) >= 11 is 0. The van der Waals surface area contributed by atoms with E-state index in [1.807, 2.05) is 13.8 Å². The number of likely N-dealkylation sites (N-methyl/N-ethyl adjacent to an activating group) is 1. The monoisotopic (exact) mass is 477 g/mol. The smallest absolute Gasteiger partial charge is 0.295 e. The van der Waals surface area contributed by atoms with E-state index in [4.69, 9.17) is 0 Å². The minimum atomic E-state index is -0.973. The summed E-state index contributed by atoms with van der Waals surface area (Å²) in [6, 6.07) is 10.2. The Balaban J connectivity index is 1.91. The van der Waals surface area contributed by atoms with E-state index in [1.54, 1.807) is 41.8 Å². The number of carbonyl (C=O) groups excluding carboxylic acids is 2. The predicted molar refractivity (Wildman–Crippen MR) is 130 cm³/mol. The van der Waals surface area contributed by atoms with Crippen molar-refractivity contribution in [3.05, 3.63) is 81.3 Å². The van der Waals surface area contributed by atoms with Crippen LogP contribution in [-0.2, 0) is 9.59 Å². The van der Waals surface area contributed by atoms with Crippen molar-refractivity contribution in [2.24, 2.45) is 0 Å². The zero-order valence-electron chi connectivity index (χ0n) is 19.8. The highest BCUT2D eigenvalue weighted by atomic mass is 16.6. The molecular weight excluding hydrogens is 450 g/mol. The summed E-state index contributed by atoms with van der Waals surface area (Å²) in [5, 5.41) is 22.9. The maximum absolute atomic E-state index is 13.3. The van der Waals surface area contributed by atoms with Crippen molar-refractivity contribution in [2.45, 2.75) is 26.8 Å². The lowest BCUT2D eigenvalue weighted by molar-refractivity contribution is -0.384. The van der Waals surface area contributed by atoms with Gasteiger partial charge >= 0.3 is 0 Å². The molecule has 35 heavy (non-hydrogen) atoms. The number of Topliss-reactive ketones (excluding diaryl/α,β-unsaturated/α-hetero) is 1. The van der Waals surface area contributed by atoms with Gasteiger partial charge < -0.3 is 14.9 Å². The Labute approximate surface area is 202 Å². The number of hydrogen-bond donors (Lipinski definition) is 1. The van der Waals surface area contributed by atoms with Crippen LogP contribution in [0.15, 0.2) is 54.2 Å². The number of carbonyl (C=O) groups is 2. The van der Waals surface area contributed by atoms with Crippen LogP contribution in [0.2, 0.25) is 0 Å². The Morgan fingerprint density at radius 1 is 1.17 bits per heavy atom. The first-order valence-electron chi connectivity index (χ1n) is 11.5. The van der Waals surface area contributed by atoms with Gasteiger partial charge in [-0.3, -0.25) is 24.1 Å². The number of hydrogen-bond acceptors (Lipinski definition) is 7. The SMILES string of the molecule is CCN(CC)CCN1C(=O)C(=O)C(=C(O)c2c(C)nc3ccccn23)[C@@H]1c1cccc([N+](=O)[O-])c1. The summed E-state index contributed by atoms with van der Waals surface area (Å²) in [6.45, 7) is 7.99. The van der Waals surface area contributed by atoms with Crippen LogP contribution in [0.5, 0.6) is 0 Å². The minimum absolute atomic E-state index is 0.108. The van der Waals surface area contributed by atoms with E-state index in [-0.39, 0.29) is 23.6 Å². The summed E-state index contributed by atoms with van der Waals surface area (Å²) in [7, 11) is 0. The number of rotatable bonds is 8. The van der Waals surface area contributed by atoms with Crippen molar-refractivity contribution in [3.8, 4) is 0 Å². The Hall–Kier alpha value is -4.05. The standard InChI is InChI=1S/C25H27N5O5/c1-4-27(5-2)13-14-29-22(17-9-8-10-18(15-17)30(34)35)20(24(32)25(29)33)23(31)21-16(3)26-19-11-6-7-12-28(19)21/h6-12,15,22,31H,4-5,13-14H2,1-3H3/t22-/m0/s1. The average molecular weight is 478 g/mol. The van der Waals surface area contributed by atoms with E-state index in [0.29, 0.717) is 29.1 Å². The number of aryl methyl sites for hydroxylation is 1. The molecule has 2 aromatic heterocycles. The van der Waals surface area contributed by atoms with E-state index in [0.717, 1.165) is 13.1 Å². The van der Waals surface area contributed by atoms with Crippen molar-refractivity contribution in [1.82, 2.24) is 19.2 Å². The lowest BCUT2D eigenvalue weighted by atomic mass is 9.96. The number of aliphatic hydroxyl groups is 1. The van der Waals surface area contributed by atoms with Crippen LogP contribution < -0.4 is 0 Å². The predicted octanol–water partition coefficient (Wildman–Crippen LogP) is 3.31. The number of nitro groups is 1. The van der Waals surface area contributed by atoms with Gasteiger partial charge in [0.2, 0.25) is 0 Å². The molecule has 1 aliphatic heterocycles. The number of nitro benzene ring substituents is 1. The van der Waals surface area contributed by atoms with Crippen LogP contribution in [0.4, 0.5) is 5.69 Å². The molecule has 0 unspecified atom stereocenters. The molecule has 1 aliphatic rings. The molecule has 10 heteroatoms. The molecule has 0 radical (unpaired) electrons. The third-order valence-electron chi connectivity index (χ3n) is 6.42. The average Bonchev–Trinajstić information content (AvgIpc) is 3.32. The van der Waals surface area contributed by atoms with E-state index < -0.39 is 22.7 Å². The molecule has 4 rings (SSSR count). The normalized spacial score (nSPS) is 17.6. The first-order valence-corrected chi connectivity index (χ1v) is 11.5. The molecule has 10 nitrogen and oxygen atoms in total. The number of amides is 1. The maximum atomic E-state index is 13.3. The topological polar surface area (TPSA) is 121 Å². The summed E-state index contributed by atoms with van der Waals surface area (Å²) in [5.74, 6) is -1.94. The van der Waals surface area contributed by atoms with Gasteiger partial charge in [-0.05, 0) is 37.7 Å². The van der Waals surface area contributed by atoms with Crippen LogP contribution in [0.1, 0.15) is 36.8 Å². The van der Waals surface area contributed by atoms with Gasteiger partial charge in [-0.2, -0.15) is 0 Å². The number of ketones is 1. The van der Waals surface area contributed by atoms with Gasteiger partial charge in [0, 0.05) is 31.4 Å². The van der Waals surface area contributed by atoms with E-state index >= 15 is 0 Å². The molecule has 1 aromatic carbocycles. The van der Waals surface area contributed by atoms with Crippen molar-refractivity contribution in [3.63, 3.8) is 0 Å². The second-order valence-electron chi connectivity index (χ2n) is 8.35. The Bertz CT molecular complexity index is 1340. The molecule has 1 fully saturated rings. The summed E-state index contributed by atoms with van der Waals surface area (Å²) in [5.41, 5.74) is 1.48. The number of pyridine rings is 1. The molecule has 0 bridgehead atoms. The van der Waals surface area contributed by atoms with Crippen LogP contribution >= 0.6 is 0 Å². The van der Waals surface area contributed by atoms with Gasteiger partial charge in [0.15, 0.2) is 5.76 Å². The van der Waals surface area contributed by atoms with Crippen molar-refractivity contribution >= 4 is 28.8 Å². The molecule has 1 atom stereocenters. The largest absolute Gasteiger partial charge is 0.505 e. The second kappa shape index (κ2) is 9.67. The fourth-order valence-corrected chi connectivity index (χ4v) is 4.58. The van der Waals surface area contributed by atoms with Gasteiger partial charge in [-0.25, -0.2) is 4.98 Å². The highest BCUT2D eigenvalue weighted by Gasteiger charge is 2.46. The van der Waals surface area contributed by atoms with Crippen LogP contribution in [-0.4, -0.2) is 67.1 Å². The number of aliphatic hydroxyl groups excluding tert-OH is 1. The van der Waals surface area contributed by atoms with Crippen molar-refractivity contribution in [2.75, 3.05) is 26.2 Å². The zero-order valence-corrected chi connectivity index (χ0v) is 19.8. The highest BCUT2D eigenvalue weighted by molar-refractivity contribution is 6.46. The Kier molecular flexibility index (Phi) is 6.65. The number of aromatic nitrogens is 2. The van der Waals surface area contributed by atoms with E-state index in [1.165, 1.54) is 23.1 Å². The fourth-order valence-electron chi connectivity index (χ4n) is 4.58. The molecular formula is C25H27N5O5. The van der Waals surface area contributed by atoms with Gasteiger partial charge in [-0.15, -0.1) is 0 Å². The minimum Gasteiger partial charge on any atom is -0.505 e. The Morgan fingerprint density at radius 2 is 1.91 bits per heavy atom. The Morgan fingerprint density at radius 3 is 2.60 bits per heavy atom. The molecule has 0 saturated carbocycles.